The fourth-order valence-electron chi connectivity index (χ4n) is 3.27. The van der Waals surface area contributed by atoms with E-state index in [0.29, 0.717) is 24.1 Å². The molecule has 3 atom stereocenters. The average molecular weight is 358 g/mol. The summed E-state index contributed by atoms with van der Waals surface area (Å²) in [5, 5.41) is 8.30. The third kappa shape index (κ3) is 3.69. The van der Waals surface area contributed by atoms with Crippen molar-refractivity contribution in [3.05, 3.63) is 16.4 Å². The van der Waals surface area contributed by atoms with Crippen molar-refractivity contribution in [1.29, 1.82) is 0 Å². The van der Waals surface area contributed by atoms with E-state index in [-0.39, 0.29) is 0 Å². The zero-order chi connectivity index (χ0) is 15.4. The summed E-state index contributed by atoms with van der Waals surface area (Å²) in [6.07, 6.45) is 5.60. The normalized spacial score (nSPS) is 23.9. The Morgan fingerprint density at radius 2 is 2.24 bits per heavy atom. The second kappa shape index (κ2) is 7.75. The van der Waals surface area contributed by atoms with Crippen LogP contribution in [0, 0.1) is 5.92 Å². The molecule has 0 aliphatic carbocycles. The van der Waals surface area contributed by atoms with Gasteiger partial charge >= 0.3 is 0 Å². The minimum Gasteiger partial charge on any atom is -0.378 e. The number of hydrogen-bond acceptors (Lipinski definition) is 3. The van der Waals surface area contributed by atoms with Crippen LogP contribution in [-0.4, -0.2) is 29.0 Å². The number of aromatic nitrogens is 2. The first-order valence-electron chi connectivity index (χ1n) is 8.18. The topological polar surface area (TPSA) is 39.1 Å². The van der Waals surface area contributed by atoms with Gasteiger partial charge in [-0.1, -0.05) is 13.8 Å². The summed E-state index contributed by atoms with van der Waals surface area (Å²) in [5.41, 5.74) is 1.27. The smallest absolute Gasteiger partial charge is 0.0702 e. The zero-order valence-corrected chi connectivity index (χ0v) is 15.2. The molecule has 0 spiro atoms. The van der Waals surface area contributed by atoms with Crippen LogP contribution in [0.25, 0.3) is 0 Å². The lowest BCUT2D eigenvalue weighted by Gasteiger charge is -2.30. The largest absolute Gasteiger partial charge is 0.378 e. The summed E-state index contributed by atoms with van der Waals surface area (Å²) >= 11 is 3.70. The van der Waals surface area contributed by atoms with E-state index >= 15 is 0 Å². The van der Waals surface area contributed by atoms with E-state index in [1.165, 1.54) is 5.69 Å². The highest BCUT2D eigenvalue weighted by Gasteiger charge is 2.37. The molecule has 5 heteroatoms. The zero-order valence-electron chi connectivity index (χ0n) is 13.6. The second-order valence-electron chi connectivity index (χ2n) is 6.12. The van der Waals surface area contributed by atoms with Crippen LogP contribution in [0.3, 0.4) is 0 Å². The highest BCUT2D eigenvalue weighted by Crippen LogP contribution is 2.38. The van der Waals surface area contributed by atoms with Gasteiger partial charge in [0.1, 0.15) is 0 Å². The molecule has 1 fully saturated rings. The van der Waals surface area contributed by atoms with Crippen LogP contribution in [0.5, 0.6) is 0 Å². The lowest BCUT2D eigenvalue weighted by Crippen LogP contribution is -2.35. The maximum absolute atomic E-state index is 5.93. The maximum Gasteiger partial charge on any atom is 0.0702 e. The number of rotatable bonds is 7. The molecule has 0 aromatic carbocycles. The molecule has 1 aromatic rings. The Hall–Kier alpha value is -0.390. The Bertz CT molecular complexity index is 447. The van der Waals surface area contributed by atoms with Gasteiger partial charge in [-0.05, 0) is 55.6 Å². The van der Waals surface area contributed by atoms with E-state index in [4.69, 9.17) is 4.74 Å². The van der Waals surface area contributed by atoms with Gasteiger partial charge in [-0.25, -0.2) is 0 Å². The van der Waals surface area contributed by atoms with E-state index in [0.717, 1.165) is 36.9 Å². The van der Waals surface area contributed by atoms with E-state index in [2.05, 4.69) is 58.7 Å². The molecule has 2 rings (SSSR count). The van der Waals surface area contributed by atoms with Crippen LogP contribution < -0.4 is 5.32 Å². The molecule has 120 valence electrons. The lowest BCUT2D eigenvalue weighted by molar-refractivity contribution is 0.0761. The Balaban J connectivity index is 2.33. The van der Waals surface area contributed by atoms with E-state index in [1.54, 1.807) is 0 Å². The molecule has 2 heterocycles. The number of ether oxygens (including phenoxy) is 1. The van der Waals surface area contributed by atoms with E-state index in [1.807, 2.05) is 6.20 Å². The molecule has 0 radical (unpaired) electrons. The molecular formula is C16H28BrN3O. The van der Waals surface area contributed by atoms with Crippen molar-refractivity contribution in [2.45, 2.75) is 65.1 Å². The Morgan fingerprint density at radius 3 is 2.86 bits per heavy atom. The Kier molecular flexibility index (Phi) is 6.26. The van der Waals surface area contributed by atoms with Gasteiger partial charge in [0.15, 0.2) is 0 Å². The number of nitrogens with one attached hydrogen (secondary N) is 1. The fraction of sp³-hybridized carbons (Fsp3) is 0.812. The fourth-order valence-corrected chi connectivity index (χ4v) is 3.79. The second-order valence-corrected chi connectivity index (χ2v) is 6.97. The minimum atomic E-state index is 0.302. The quantitative estimate of drug-likeness (QED) is 0.798. The van der Waals surface area contributed by atoms with Crippen molar-refractivity contribution in [2.75, 3.05) is 13.2 Å². The molecule has 1 aliphatic heterocycles. The van der Waals surface area contributed by atoms with Crippen LogP contribution in [0.1, 0.15) is 64.7 Å². The summed E-state index contributed by atoms with van der Waals surface area (Å²) in [7, 11) is 0. The molecule has 21 heavy (non-hydrogen) atoms. The summed E-state index contributed by atoms with van der Waals surface area (Å²) in [6, 6.07) is 0.663. The first-order valence-corrected chi connectivity index (χ1v) is 8.97. The van der Waals surface area contributed by atoms with Crippen LogP contribution in [-0.2, 0) is 4.74 Å². The van der Waals surface area contributed by atoms with Crippen LogP contribution >= 0.6 is 15.9 Å². The Morgan fingerprint density at radius 1 is 1.48 bits per heavy atom. The third-order valence-corrected chi connectivity index (χ3v) is 4.89. The van der Waals surface area contributed by atoms with Crippen LogP contribution in [0.2, 0.25) is 0 Å². The Labute approximate surface area is 136 Å². The molecule has 1 saturated heterocycles. The maximum atomic E-state index is 5.93. The molecule has 3 unspecified atom stereocenters. The molecule has 1 aromatic heterocycles. The van der Waals surface area contributed by atoms with Gasteiger partial charge < -0.3 is 10.1 Å². The molecule has 1 N–H and O–H groups in total. The predicted molar refractivity (Wildman–Crippen MR) is 89.5 cm³/mol. The number of nitrogens with zero attached hydrogens (tertiary/aromatic N) is 2. The van der Waals surface area contributed by atoms with Gasteiger partial charge in [0.2, 0.25) is 0 Å². The monoisotopic (exact) mass is 357 g/mol. The summed E-state index contributed by atoms with van der Waals surface area (Å²) in [5.74, 6) is 0.520. The molecule has 0 saturated carbocycles. The van der Waals surface area contributed by atoms with Crippen molar-refractivity contribution in [3.8, 4) is 0 Å². The molecule has 0 bridgehead atoms. The molecule has 1 aliphatic rings. The first-order chi connectivity index (χ1) is 10.1. The van der Waals surface area contributed by atoms with Gasteiger partial charge in [0, 0.05) is 18.6 Å². The SMILES string of the molecule is CCCNC(c1c(Br)cnn1C(C)C)C1CCOC1CC. The molecule has 4 nitrogen and oxygen atoms in total. The van der Waals surface area contributed by atoms with Gasteiger partial charge in [-0.2, -0.15) is 5.10 Å². The highest BCUT2D eigenvalue weighted by molar-refractivity contribution is 9.10. The average Bonchev–Trinajstić information content (AvgIpc) is 3.07. The van der Waals surface area contributed by atoms with Crippen molar-refractivity contribution < 1.29 is 4.74 Å². The van der Waals surface area contributed by atoms with Crippen LogP contribution in [0.15, 0.2) is 10.7 Å². The predicted octanol–water partition coefficient (Wildman–Crippen LogP) is 4.08. The summed E-state index contributed by atoms with van der Waals surface area (Å²) in [4.78, 5) is 0. The summed E-state index contributed by atoms with van der Waals surface area (Å²) < 4.78 is 9.17. The van der Waals surface area contributed by atoms with Crippen molar-refractivity contribution in [3.63, 3.8) is 0 Å². The van der Waals surface area contributed by atoms with Crippen molar-refractivity contribution >= 4 is 15.9 Å². The van der Waals surface area contributed by atoms with E-state index in [9.17, 15) is 0 Å². The van der Waals surface area contributed by atoms with Crippen molar-refractivity contribution in [2.24, 2.45) is 5.92 Å². The van der Waals surface area contributed by atoms with Gasteiger partial charge in [0.05, 0.1) is 28.5 Å². The van der Waals surface area contributed by atoms with Crippen molar-refractivity contribution in [1.82, 2.24) is 15.1 Å². The lowest BCUT2D eigenvalue weighted by atomic mass is 9.89. The number of halogens is 1. The standard InChI is InChI=1S/C16H28BrN3O/c1-5-8-18-15(12-7-9-21-14(12)6-2)16-13(17)10-19-20(16)11(3)4/h10-12,14-15,18H,5-9H2,1-4H3. The van der Waals surface area contributed by atoms with Gasteiger partial charge in [-0.15, -0.1) is 0 Å². The summed E-state index contributed by atoms with van der Waals surface area (Å²) in [6.45, 7) is 10.7. The van der Waals surface area contributed by atoms with Gasteiger partial charge in [-0.3, -0.25) is 4.68 Å². The first kappa shape index (κ1) is 17.0. The number of hydrogen-bond donors (Lipinski definition) is 1. The van der Waals surface area contributed by atoms with Gasteiger partial charge in [0.25, 0.3) is 0 Å². The molecular weight excluding hydrogens is 330 g/mol. The molecule has 0 amide bonds. The van der Waals surface area contributed by atoms with E-state index < -0.39 is 0 Å². The third-order valence-electron chi connectivity index (χ3n) is 4.28. The minimum absolute atomic E-state index is 0.302. The van der Waals surface area contributed by atoms with Crippen LogP contribution in [0.4, 0.5) is 0 Å². The highest BCUT2D eigenvalue weighted by atomic mass is 79.9.